The first kappa shape index (κ1) is 25.5. The van der Waals surface area contributed by atoms with Gasteiger partial charge in [-0.15, -0.1) is 0 Å². The molecule has 0 saturated carbocycles. The predicted molar refractivity (Wildman–Crippen MR) is 133 cm³/mol. The van der Waals surface area contributed by atoms with Gasteiger partial charge in [0.1, 0.15) is 5.82 Å². The van der Waals surface area contributed by atoms with Gasteiger partial charge >= 0.3 is 0 Å². The van der Waals surface area contributed by atoms with Gasteiger partial charge in [-0.05, 0) is 49.2 Å². The molecule has 2 aliphatic rings. The van der Waals surface area contributed by atoms with Crippen molar-refractivity contribution < 1.29 is 21.6 Å². The van der Waals surface area contributed by atoms with Crippen molar-refractivity contribution in [1.82, 2.24) is 18.9 Å². The molecule has 190 valence electrons. The Morgan fingerprint density at radius 2 is 1.51 bits per heavy atom. The fraction of sp³-hybridized carbons (Fsp3) is 0.478. The maximum Gasteiger partial charge on any atom is 0.251 e. The highest BCUT2D eigenvalue weighted by atomic mass is 32.2. The summed E-state index contributed by atoms with van der Waals surface area (Å²) >= 11 is 0. The molecule has 1 amide bonds. The Balaban J connectivity index is 1.26. The second-order valence-electron chi connectivity index (χ2n) is 8.64. The molecule has 0 bridgehead atoms. The van der Waals surface area contributed by atoms with E-state index in [2.05, 4.69) is 10.3 Å². The van der Waals surface area contributed by atoms with Gasteiger partial charge < -0.3 is 10.2 Å². The lowest BCUT2D eigenvalue weighted by Crippen LogP contribution is -2.50. The van der Waals surface area contributed by atoms with Crippen LogP contribution in [-0.2, 0) is 20.0 Å². The largest absolute Gasteiger partial charge is 0.354 e. The van der Waals surface area contributed by atoms with Crippen molar-refractivity contribution in [1.29, 1.82) is 0 Å². The predicted octanol–water partition coefficient (Wildman–Crippen LogP) is 1.14. The summed E-state index contributed by atoms with van der Waals surface area (Å²) in [6.07, 6.45) is 4.44. The number of carbonyl (C=O) groups excluding carboxylic acids is 1. The lowest BCUT2D eigenvalue weighted by molar-refractivity contribution is 0.0956. The molecular formula is C23H31N5O5S2. The van der Waals surface area contributed by atoms with Crippen LogP contribution in [0.3, 0.4) is 0 Å². The van der Waals surface area contributed by atoms with Crippen LogP contribution in [0.2, 0.25) is 0 Å². The van der Waals surface area contributed by atoms with Crippen molar-refractivity contribution in [3.8, 4) is 0 Å². The summed E-state index contributed by atoms with van der Waals surface area (Å²) in [5.74, 6) is 0.178. The highest BCUT2D eigenvalue weighted by molar-refractivity contribution is 7.89. The minimum Gasteiger partial charge on any atom is -0.354 e. The normalized spacial score (nSPS) is 18.3. The smallest absolute Gasteiger partial charge is 0.251 e. The van der Waals surface area contributed by atoms with E-state index in [9.17, 15) is 21.6 Å². The second-order valence-corrected chi connectivity index (χ2v) is 12.7. The van der Waals surface area contributed by atoms with Crippen molar-refractivity contribution in [3.05, 3.63) is 54.2 Å². The molecule has 10 nitrogen and oxygen atoms in total. The molecule has 35 heavy (non-hydrogen) atoms. The summed E-state index contributed by atoms with van der Waals surface area (Å²) in [6, 6.07) is 11.4. The van der Waals surface area contributed by atoms with E-state index < -0.39 is 26.0 Å². The quantitative estimate of drug-likeness (QED) is 0.553. The number of hydrogen-bond acceptors (Lipinski definition) is 7. The van der Waals surface area contributed by atoms with Crippen molar-refractivity contribution in [2.45, 2.75) is 24.2 Å². The number of nitrogens with zero attached hydrogens (tertiary/aromatic N) is 4. The number of anilines is 1. The molecule has 1 aromatic heterocycles. The van der Waals surface area contributed by atoms with Crippen LogP contribution in [-0.4, -0.2) is 87.9 Å². The van der Waals surface area contributed by atoms with E-state index in [4.69, 9.17) is 0 Å². The van der Waals surface area contributed by atoms with Crippen LogP contribution in [0.1, 0.15) is 29.6 Å². The van der Waals surface area contributed by atoms with E-state index in [1.807, 2.05) is 23.1 Å². The van der Waals surface area contributed by atoms with Crippen molar-refractivity contribution in [2.75, 3.05) is 56.5 Å². The standard InChI is InChI=1S/C23H31N5O5S2/c29-23(20-7-9-21(10-8-20)35(32,33)28-13-4-1-5-14-28)25-12-19-34(30,31)27-17-15-26(16-18-27)22-6-2-3-11-24-22/h2-3,6-11H,1,4-5,12-19H2,(H,25,29). The topological polar surface area (TPSA) is 120 Å². The Kier molecular flexibility index (Phi) is 8.05. The molecule has 2 aromatic rings. The van der Waals surface area contributed by atoms with Gasteiger partial charge in [-0.3, -0.25) is 4.79 Å². The Hall–Kier alpha value is -2.54. The molecular weight excluding hydrogens is 490 g/mol. The third-order valence-electron chi connectivity index (χ3n) is 6.32. The Labute approximate surface area is 207 Å². The molecule has 2 fully saturated rings. The highest BCUT2D eigenvalue weighted by Crippen LogP contribution is 2.21. The molecule has 1 aromatic carbocycles. The van der Waals surface area contributed by atoms with Crippen LogP contribution in [0.5, 0.6) is 0 Å². The van der Waals surface area contributed by atoms with Gasteiger partial charge in [0.15, 0.2) is 0 Å². The SMILES string of the molecule is O=C(NCCS(=O)(=O)N1CCN(c2ccccn2)CC1)c1ccc(S(=O)(=O)N2CCCCC2)cc1. The van der Waals surface area contributed by atoms with Gasteiger partial charge in [0.2, 0.25) is 20.0 Å². The van der Waals surface area contributed by atoms with Gasteiger partial charge in [0, 0.05) is 57.6 Å². The van der Waals surface area contributed by atoms with E-state index in [0.717, 1.165) is 25.1 Å². The van der Waals surface area contributed by atoms with Gasteiger partial charge in [-0.2, -0.15) is 8.61 Å². The first-order valence-electron chi connectivity index (χ1n) is 11.8. The van der Waals surface area contributed by atoms with Crippen molar-refractivity contribution >= 4 is 31.8 Å². The van der Waals surface area contributed by atoms with E-state index in [1.54, 1.807) is 6.20 Å². The van der Waals surface area contributed by atoms with Crippen molar-refractivity contribution in [3.63, 3.8) is 0 Å². The molecule has 3 heterocycles. The summed E-state index contributed by atoms with van der Waals surface area (Å²) in [5, 5.41) is 2.63. The summed E-state index contributed by atoms with van der Waals surface area (Å²) in [4.78, 5) is 19.0. The molecule has 4 rings (SSSR count). The summed E-state index contributed by atoms with van der Waals surface area (Å²) in [6.45, 7) is 2.81. The molecule has 0 unspecified atom stereocenters. The first-order chi connectivity index (χ1) is 16.8. The lowest BCUT2D eigenvalue weighted by atomic mass is 10.2. The molecule has 0 radical (unpaired) electrons. The average molecular weight is 522 g/mol. The monoisotopic (exact) mass is 521 g/mol. The third-order valence-corrected chi connectivity index (χ3v) is 10.1. The zero-order chi connectivity index (χ0) is 24.9. The average Bonchev–Trinajstić information content (AvgIpc) is 2.89. The molecule has 0 spiro atoms. The Bertz CT molecular complexity index is 1210. The summed E-state index contributed by atoms with van der Waals surface area (Å²) in [5.41, 5.74) is 0.281. The zero-order valence-corrected chi connectivity index (χ0v) is 21.2. The zero-order valence-electron chi connectivity index (χ0n) is 19.5. The molecule has 0 aliphatic carbocycles. The summed E-state index contributed by atoms with van der Waals surface area (Å²) in [7, 11) is -7.08. The molecule has 2 saturated heterocycles. The number of hydrogen-bond donors (Lipinski definition) is 1. The lowest BCUT2D eigenvalue weighted by Gasteiger charge is -2.34. The number of sulfonamides is 2. The van der Waals surface area contributed by atoms with E-state index >= 15 is 0 Å². The second kappa shape index (κ2) is 11.0. The molecule has 2 aliphatic heterocycles. The Morgan fingerprint density at radius 3 is 2.14 bits per heavy atom. The van der Waals surface area contributed by atoms with Crippen LogP contribution in [0, 0.1) is 0 Å². The minimum atomic E-state index is -3.57. The van der Waals surface area contributed by atoms with Crippen LogP contribution >= 0.6 is 0 Å². The van der Waals surface area contributed by atoms with Gasteiger partial charge in [-0.25, -0.2) is 21.8 Å². The van der Waals surface area contributed by atoms with E-state index in [0.29, 0.717) is 39.3 Å². The fourth-order valence-corrected chi connectivity index (χ4v) is 7.15. The first-order valence-corrected chi connectivity index (χ1v) is 14.8. The highest BCUT2D eigenvalue weighted by Gasteiger charge is 2.28. The van der Waals surface area contributed by atoms with Crippen LogP contribution in [0.4, 0.5) is 5.82 Å². The summed E-state index contributed by atoms with van der Waals surface area (Å²) < 4.78 is 53.9. The Morgan fingerprint density at radius 1 is 0.829 bits per heavy atom. The number of piperidine rings is 1. The number of piperazine rings is 1. The van der Waals surface area contributed by atoms with Crippen molar-refractivity contribution in [2.24, 2.45) is 0 Å². The fourth-order valence-electron chi connectivity index (χ4n) is 4.29. The number of benzene rings is 1. The van der Waals surface area contributed by atoms with E-state index in [-0.39, 0.29) is 22.8 Å². The maximum atomic E-state index is 12.7. The molecule has 12 heteroatoms. The van der Waals surface area contributed by atoms with E-state index in [1.165, 1.54) is 32.9 Å². The molecule has 0 atom stereocenters. The number of amides is 1. The number of carbonyl (C=O) groups is 1. The minimum absolute atomic E-state index is 0.0323. The maximum absolute atomic E-state index is 12.7. The van der Waals surface area contributed by atoms with Crippen LogP contribution in [0.15, 0.2) is 53.6 Å². The van der Waals surface area contributed by atoms with Gasteiger partial charge in [0.05, 0.1) is 10.6 Å². The van der Waals surface area contributed by atoms with Crippen LogP contribution in [0.25, 0.3) is 0 Å². The van der Waals surface area contributed by atoms with Gasteiger partial charge in [-0.1, -0.05) is 12.5 Å². The van der Waals surface area contributed by atoms with Crippen LogP contribution < -0.4 is 10.2 Å². The molecule has 1 N–H and O–H groups in total. The number of rotatable bonds is 8. The number of aromatic nitrogens is 1. The number of pyridine rings is 1. The van der Waals surface area contributed by atoms with Gasteiger partial charge in [0.25, 0.3) is 5.91 Å². The number of nitrogens with one attached hydrogen (secondary N) is 1. The third kappa shape index (κ3) is 6.18.